The van der Waals surface area contributed by atoms with Crippen LogP contribution in [0.15, 0.2) is 53.5 Å². The fourth-order valence-electron chi connectivity index (χ4n) is 2.21. The third kappa shape index (κ3) is 3.60. The highest BCUT2D eigenvalue weighted by Gasteiger charge is 2.09. The van der Waals surface area contributed by atoms with E-state index in [9.17, 15) is 0 Å². The molecule has 0 amide bonds. The maximum absolute atomic E-state index is 5.94. The van der Waals surface area contributed by atoms with Crippen molar-refractivity contribution >= 4 is 34.3 Å². The average molecular weight is 343 g/mol. The van der Waals surface area contributed by atoms with Crippen LogP contribution in [0.1, 0.15) is 10.4 Å². The summed E-state index contributed by atoms with van der Waals surface area (Å²) in [7, 11) is 1.65. The van der Waals surface area contributed by atoms with Crippen LogP contribution < -0.4 is 4.74 Å². The lowest BCUT2D eigenvalue weighted by Crippen LogP contribution is -1.89. The Balaban J connectivity index is 1.89. The topological polar surface area (TPSA) is 34.5 Å². The van der Waals surface area contributed by atoms with Gasteiger partial charge in [0.25, 0.3) is 0 Å². The number of para-hydroxylation sites is 1. The van der Waals surface area contributed by atoms with Crippen LogP contribution in [0, 0.1) is 6.92 Å². The number of methoxy groups -OCH3 is 1. The highest BCUT2D eigenvalue weighted by Crippen LogP contribution is 2.32. The number of benzene rings is 2. The summed E-state index contributed by atoms with van der Waals surface area (Å²) in [6.45, 7) is 2.05. The van der Waals surface area contributed by atoms with Gasteiger partial charge in [0.2, 0.25) is 5.13 Å². The number of hydrogen-bond acceptors (Lipinski definition) is 4. The second-order valence-corrected chi connectivity index (χ2v) is 6.53. The molecule has 0 N–H and O–H groups in total. The van der Waals surface area contributed by atoms with Crippen LogP contribution >= 0.6 is 22.9 Å². The number of thiazole rings is 1. The van der Waals surface area contributed by atoms with E-state index in [2.05, 4.69) is 9.98 Å². The maximum Gasteiger partial charge on any atom is 0.209 e. The Morgan fingerprint density at radius 2 is 1.87 bits per heavy atom. The molecule has 0 aliphatic carbocycles. The molecule has 23 heavy (non-hydrogen) atoms. The Morgan fingerprint density at radius 1 is 1.13 bits per heavy atom. The van der Waals surface area contributed by atoms with E-state index >= 15 is 0 Å². The van der Waals surface area contributed by atoms with E-state index < -0.39 is 0 Å². The highest BCUT2D eigenvalue weighted by molar-refractivity contribution is 7.15. The molecule has 5 heteroatoms. The zero-order valence-corrected chi connectivity index (χ0v) is 14.4. The van der Waals surface area contributed by atoms with Crippen molar-refractivity contribution in [3.05, 3.63) is 64.0 Å². The minimum Gasteiger partial charge on any atom is -0.496 e. The molecule has 0 radical (unpaired) electrons. The molecule has 0 aliphatic heterocycles. The van der Waals surface area contributed by atoms with Crippen molar-refractivity contribution in [2.45, 2.75) is 6.92 Å². The predicted octanol–water partition coefficient (Wildman–Crippen LogP) is 5.53. The van der Waals surface area contributed by atoms with Crippen molar-refractivity contribution in [3.63, 3.8) is 0 Å². The molecule has 0 spiro atoms. The van der Waals surface area contributed by atoms with Gasteiger partial charge in [-0.1, -0.05) is 47.2 Å². The summed E-state index contributed by atoms with van der Waals surface area (Å²) >= 11 is 7.50. The standard InChI is InChI=1S/C18H15ClN2OS/c1-12-17(13-7-9-15(19)10-8-13)21-18(23-12)20-11-14-5-3-4-6-16(14)22-2/h3-11H,1-2H3/b20-11+. The number of aryl methyl sites for hydroxylation is 1. The zero-order valence-electron chi connectivity index (χ0n) is 12.8. The first-order valence-corrected chi connectivity index (χ1v) is 8.27. The van der Waals surface area contributed by atoms with E-state index in [1.54, 1.807) is 24.7 Å². The van der Waals surface area contributed by atoms with Crippen molar-refractivity contribution < 1.29 is 4.74 Å². The predicted molar refractivity (Wildman–Crippen MR) is 97.5 cm³/mol. The normalized spacial score (nSPS) is 11.1. The van der Waals surface area contributed by atoms with Crippen LogP contribution in [0.3, 0.4) is 0 Å². The van der Waals surface area contributed by atoms with Crippen molar-refractivity contribution in [2.75, 3.05) is 7.11 Å². The van der Waals surface area contributed by atoms with Gasteiger partial charge in [0.1, 0.15) is 5.75 Å². The third-order valence-corrected chi connectivity index (χ3v) is 4.49. The smallest absolute Gasteiger partial charge is 0.209 e. The van der Waals surface area contributed by atoms with Gasteiger partial charge in [0, 0.05) is 27.2 Å². The number of aliphatic imine (C=N–C) groups is 1. The summed E-state index contributed by atoms with van der Waals surface area (Å²) in [5.41, 5.74) is 2.91. The lowest BCUT2D eigenvalue weighted by Gasteiger charge is -2.02. The van der Waals surface area contributed by atoms with E-state index in [-0.39, 0.29) is 0 Å². The molecule has 3 nitrogen and oxygen atoms in total. The number of ether oxygens (including phenoxy) is 1. The minimum atomic E-state index is 0.719. The van der Waals surface area contributed by atoms with Crippen LogP contribution in [-0.4, -0.2) is 18.3 Å². The first-order chi connectivity index (χ1) is 11.2. The van der Waals surface area contributed by atoms with Crippen LogP contribution in [0.5, 0.6) is 5.75 Å². The van der Waals surface area contributed by atoms with Crippen molar-refractivity contribution in [3.8, 4) is 17.0 Å². The lowest BCUT2D eigenvalue weighted by molar-refractivity contribution is 0.414. The average Bonchev–Trinajstić information content (AvgIpc) is 2.95. The second-order valence-electron chi connectivity index (χ2n) is 4.91. The first-order valence-electron chi connectivity index (χ1n) is 7.08. The number of rotatable bonds is 4. The Bertz CT molecular complexity index is 840. The van der Waals surface area contributed by atoms with Gasteiger partial charge < -0.3 is 4.74 Å². The van der Waals surface area contributed by atoms with Crippen molar-refractivity contribution in [1.82, 2.24) is 4.98 Å². The summed E-state index contributed by atoms with van der Waals surface area (Å²) < 4.78 is 5.32. The van der Waals surface area contributed by atoms with Gasteiger partial charge >= 0.3 is 0 Å². The molecule has 1 heterocycles. The van der Waals surface area contributed by atoms with E-state index in [0.717, 1.165) is 37.6 Å². The van der Waals surface area contributed by atoms with Crippen LogP contribution in [0.4, 0.5) is 5.13 Å². The Labute approximate surface area is 144 Å². The minimum absolute atomic E-state index is 0.719. The van der Waals surface area contributed by atoms with E-state index in [0.29, 0.717) is 0 Å². The second kappa shape index (κ2) is 6.94. The molecule has 3 aromatic rings. The number of aromatic nitrogens is 1. The molecule has 0 saturated heterocycles. The van der Waals surface area contributed by atoms with Crippen molar-refractivity contribution in [1.29, 1.82) is 0 Å². The van der Waals surface area contributed by atoms with E-state index in [4.69, 9.17) is 16.3 Å². The van der Waals surface area contributed by atoms with Gasteiger partial charge in [0.15, 0.2) is 0 Å². The Morgan fingerprint density at radius 3 is 2.61 bits per heavy atom. The molecule has 2 aromatic carbocycles. The quantitative estimate of drug-likeness (QED) is 0.584. The number of halogens is 1. The number of nitrogens with zero attached hydrogens (tertiary/aromatic N) is 2. The molecule has 0 fully saturated rings. The number of hydrogen-bond donors (Lipinski definition) is 0. The molecule has 0 bridgehead atoms. The Hall–Kier alpha value is -2.17. The van der Waals surface area contributed by atoms with E-state index in [1.165, 1.54) is 0 Å². The van der Waals surface area contributed by atoms with Gasteiger partial charge in [-0.25, -0.2) is 9.98 Å². The van der Waals surface area contributed by atoms with Gasteiger partial charge in [-0.15, -0.1) is 0 Å². The fraction of sp³-hybridized carbons (Fsp3) is 0.111. The van der Waals surface area contributed by atoms with Gasteiger partial charge in [-0.3, -0.25) is 0 Å². The first kappa shape index (κ1) is 15.7. The fourth-order valence-corrected chi connectivity index (χ4v) is 3.11. The summed E-state index contributed by atoms with van der Waals surface area (Å²) in [5.74, 6) is 0.794. The lowest BCUT2D eigenvalue weighted by atomic mass is 10.1. The maximum atomic E-state index is 5.94. The van der Waals surface area contributed by atoms with Crippen molar-refractivity contribution in [2.24, 2.45) is 4.99 Å². The molecular formula is C18H15ClN2OS. The monoisotopic (exact) mass is 342 g/mol. The van der Waals surface area contributed by atoms with Gasteiger partial charge in [0.05, 0.1) is 12.8 Å². The van der Waals surface area contributed by atoms with Crippen LogP contribution in [0.2, 0.25) is 5.02 Å². The summed E-state index contributed by atoms with van der Waals surface area (Å²) in [5, 5.41) is 1.44. The molecule has 1 aromatic heterocycles. The molecule has 3 rings (SSSR count). The van der Waals surface area contributed by atoms with Crippen LogP contribution in [-0.2, 0) is 0 Å². The summed E-state index contributed by atoms with van der Waals surface area (Å²) in [6.07, 6.45) is 1.78. The zero-order chi connectivity index (χ0) is 16.2. The summed E-state index contributed by atoms with van der Waals surface area (Å²) in [6, 6.07) is 15.4. The summed E-state index contributed by atoms with van der Waals surface area (Å²) in [4.78, 5) is 10.2. The molecule has 0 unspecified atom stereocenters. The molecule has 0 aliphatic rings. The molecular weight excluding hydrogens is 328 g/mol. The highest BCUT2D eigenvalue weighted by atomic mass is 35.5. The molecule has 0 atom stereocenters. The Kier molecular flexibility index (Phi) is 4.74. The van der Waals surface area contributed by atoms with Crippen LogP contribution in [0.25, 0.3) is 11.3 Å². The largest absolute Gasteiger partial charge is 0.496 e. The molecule has 0 saturated carbocycles. The third-order valence-electron chi connectivity index (χ3n) is 3.36. The van der Waals surface area contributed by atoms with E-state index in [1.807, 2.05) is 55.5 Å². The van der Waals surface area contributed by atoms with Gasteiger partial charge in [-0.2, -0.15) is 0 Å². The SMILES string of the molecule is COc1ccccc1/C=N/c1nc(-c2ccc(Cl)cc2)c(C)s1. The molecule has 116 valence electrons. The van der Waals surface area contributed by atoms with Gasteiger partial charge in [-0.05, 0) is 31.2 Å².